The highest BCUT2D eigenvalue weighted by molar-refractivity contribution is 5.81. The molecule has 0 bridgehead atoms. The number of hydrogen-bond acceptors (Lipinski definition) is 4. The summed E-state index contributed by atoms with van der Waals surface area (Å²) in [5.74, 6) is -0.659. The first-order valence-electron chi connectivity index (χ1n) is 5.76. The molecule has 1 aliphatic carbocycles. The van der Waals surface area contributed by atoms with Crippen LogP contribution < -0.4 is 5.32 Å². The van der Waals surface area contributed by atoms with Gasteiger partial charge in [0.05, 0.1) is 19.8 Å². The Morgan fingerprint density at radius 1 is 1.44 bits per heavy atom. The summed E-state index contributed by atoms with van der Waals surface area (Å²) < 4.78 is 46.6. The predicted octanol–water partition coefficient (Wildman–Crippen LogP) is 1.64. The molecule has 1 rings (SSSR count). The Bertz CT molecular complexity index is 296. The first-order valence-corrected chi connectivity index (χ1v) is 5.76. The van der Waals surface area contributed by atoms with E-state index in [4.69, 9.17) is 4.74 Å². The van der Waals surface area contributed by atoms with Gasteiger partial charge < -0.3 is 9.47 Å². The van der Waals surface area contributed by atoms with Gasteiger partial charge in [0.2, 0.25) is 0 Å². The van der Waals surface area contributed by atoms with Crippen LogP contribution in [0.15, 0.2) is 0 Å². The third kappa shape index (κ3) is 3.84. The van der Waals surface area contributed by atoms with Gasteiger partial charge in [-0.3, -0.25) is 10.1 Å². The van der Waals surface area contributed by atoms with Gasteiger partial charge in [-0.25, -0.2) is 0 Å². The fourth-order valence-corrected chi connectivity index (χ4v) is 2.31. The van der Waals surface area contributed by atoms with Crippen molar-refractivity contribution in [2.75, 3.05) is 20.8 Å². The fourth-order valence-electron chi connectivity index (χ4n) is 2.31. The third-order valence-corrected chi connectivity index (χ3v) is 3.24. The summed E-state index contributed by atoms with van der Waals surface area (Å²) in [5.41, 5.74) is -1.29. The average molecular weight is 269 g/mol. The van der Waals surface area contributed by atoms with Gasteiger partial charge in [0.1, 0.15) is 5.54 Å². The number of methoxy groups -OCH3 is 2. The van der Waals surface area contributed by atoms with Gasteiger partial charge in [-0.15, -0.1) is 0 Å². The molecule has 1 aliphatic rings. The fraction of sp³-hybridized carbons (Fsp3) is 0.909. The van der Waals surface area contributed by atoms with E-state index in [1.54, 1.807) is 0 Å². The van der Waals surface area contributed by atoms with Crippen molar-refractivity contribution >= 4 is 5.97 Å². The highest BCUT2D eigenvalue weighted by Crippen LogP contribution is 2.32. The summed E-state index contributed by atoms with van der Waals surface area (Å²) in [7, 11) is 2.66. The number of rotatable bonds is 4. The molecular formula is C11H18F3NO3. The zero-order valence-corrected chi connectivity index (χ0v) is 10.5. The van der Waals surface area contributed by atoms with Crippen molar-refractivity contribution in [3.05, 3.63) is 0 Å². The van der Waals surface area contributed by atoms with E-state index in [1.165, 1.54) is 14.2 Å². The molecule has 1 fully saturated rings. The normalized spacial score (nSPS) is 29.1. The number of hydrogen-bond donors (Lipinski definition) is 1. The van der Waals surface area contributed by atoms with E-state index < -0.39 is 24.2 Å². The lowest BCUT2D eigenvalue weighted by atomic mass is 9.80. The Labute approximate surface area is 104 Å². The van der Waals surface area contributed by atoms with E-state index in [0.29, 0.717) is 12.8 Å². The maximum absolute atomic E-state index is 12.3. The van der Waals surface area contributed by atoms with Crippen LogP contribution in [0.5, 0.6) is 0 Å². The Kier molecular flexibility index (Phi) is 4.98. The Morgan fingerprint density at radius 3 is 2.61 bits per heavy atom. The van der Waals surface area contributed by atoms with Crippen molar-refractivity contribution in [3.8, 4) is 0 Å². The van der Waals surface area contributed by atoms with Crippen LogP contribution in [0.3, 0.4) is 0 Å². The minimum absolute atomic E-state index is 0.201. The number of ether oxygens (including phenoxy) is 2. The molecule has 7 heteroatoms. The summed E-state index contributed by atoms with van der Waals surface area (Å²) in [6.45, 7) is -1.21. The standard InChI is InChI=1S/C11H18F3NO3/c1-17-8-4-3-5-10(6-8,9(16)18-2)15-7-11(12,13)14/h8,15H,3-7H2,1-2H3. The summed E-state index contributed by atoms with van der Waals surface area (Å²) >= 11 is 0. The molecule has 0 aromatic carbocycles. The monoisotopic (exact) mass is 269 g/mol. The number of nitrogens with one attached hydrogen (secondary N) is 1. The molecule has 0 radical (unpaired) electrons. The summed E-state index contributed by atoms with van der Waals surface area (Å²) in [6.07, 6.45) is -2.69. The first-order chi connectivity index (χ1) is 8.33. The van der Waals surface area contributed by atoms with Crippen LogP contribution in [0.1, 0.15) is 25.7 Å². The van der Waals surface area contributed by atoms with E-state index >= 15 is 0 Å². The van der Waals surface area contributed by atoms with Crippen LogP contribution in [-0.2, 0) is 14.3 Å². The van der Waals surface area contributed by atoms with Gasteiger partial charge in [0, 0.05) is 13.5 Å². The number of carbonyl (C=O) groups is 1. The molecule has 1 N–H and O–H groups in total. The predicted molar refractivity (Wildman–Crippen MR) is 58.1 cm³/mol. The molecule has 0 spiro atoms. The zero-order valence-electron chi connectivity index (χ0n) is 10.5. The van der Waals surface area contributed by atoms with Crippen molar-refractivity contribution in [1.82, 2.24) is 5.32 Å². The number of carbonyl (C=O) groups excluding carboxylic acids is 1. The second-order valence-corrected chi connectivity index (χ2v) is 4.50. The molecule has 0 saturated heterocycles. The summed E-state index contributed by atoms with van der Waals surface area (Å²) in [6, 6.07) is 0. The van der Waals surface area contributed by atoms with Gasteiger partial charge in [0.25, 0.3) is 0 Å². The highest BCUT2D eigenvalue weighted by atomic mass is 19.4. The summed E-state index contributed by atoms with van der Waals surface area (Å²) in [4.78, 5) is 11.8. The van der Waals surface area contributed by atoms with Crippen LogP contribution in [0.2, 0.25) is 0 Å². The Hall–Kier alpha value is -0.820. The topological polar surface area (TPSA) is 47.6 Å². The molecule has 106 valence electrons. The van der Waals surface area contributed by atoms with Crippen LogP contribution in [-0.4, -0.2) is 44.6 Å². The molecule has 0 aromatic rings. The zero-order chi connectivity index (χ0) is 13.8. The second-order valence-electron chi connectivity index (χ2n) is 4.50. The molecule has 2 unspecified atom stereocenters. The van der Waals surface area contributed by atoms with E-state index in [0.717, 1.165) is 6.42 Å². The molecule has 0 heterocycles. The van der Waals surface area contributed by atoms with Crippen molar-refractivity contribution < 1.29 is 27.4 Å². The maximum atomic E-state index is 12.3. The van der Waals surface area contributed by atoms with Crippen molar-refractivity contribution in [1.29, 1.82) is 0 Å². The molecule has 0 amide bonds. The first kappa shape index (κ1) is 15.2. The summed E-state index contributed by atoms with van der Waals surface area (Å²) in [5, 5.41) is 2.31. The number of halogens is 3. The van der Waals surface area contributed by atoms with Crippen molar-refractivity contribution in [2.45, 2.75) is 43.5 Å². The molecule has 2 atom stereocenters. The Morgan fingerprint density at radius 2 is 2.11 bits per heavy atom. The lowest BCUT2D eigenvalue weighted by Gasteiger charge is -2.38. The lowest BCUT2D eigenvalue weighted by Crippen LogP contribution is -2.58. The van der Waals surface area contributed by atoms with Gasteiger partial charge in [-0.2, -0.15) is 13.2 Å². The second kappa shape index (κ2) is 5.88. The molecule has 1 saturated carbocycles. The van der Waals surface area contributed by atoms with Gasteiger partial charge in [0.15, 0.2) is 0 Å². The smallest absolute Gasteiger partial charge is 0.401 e. The highest BCUT2D eigenvalue weighted by Gasteiger charge is 2.45. The van der Waals surface area contributed by atoms with E-state index in [-0.39, 0.29) is 12.5 Å². The van der Waals surface area contributed by atoms with Gasteiger partial charge >= 0.3 is 12.1 Å². The number of esters is 1. The molecule has 0 aliphatic heterocycles. The molecule has 0 aromatic heterocycles. The Balaban J connectivity index is 2.78. The minimum Gasteiger partial charge on any atom is -0.468 e. The van der Waals surface area contributed by atoms with Gasteiger partial charge in [-0.1, -0.05) is 0 Å². The van der Waals surface area contributed by atoms with Crippen LogP contribution >= 0.6 is 0 Å². The maximum Gasteiger partial charge on any atom is 0.401 e. The molecule has 18 heavy (non-hydrogen) atoms. The van der Waals surface area contributed by atoms with Crippen LogP contribution in [0.25, 0.3) is 0 Å². The largest absolute Gasteiger partial charge is 0.468 e. The minimum atomic E-state index is -4.36. The molecule has 4 nitrogen and oxygen atoms in total. The van der Waals surface area contributed by atoms with Crippen molar-refractivity contribution in [3.63, 3.8) is 0 Å². The SMILES string of the molecule is COC(=O)C1(NCC(F)(F)F)CCCC(OC)C1. The molecular weight excluding hydrogens is 251 g/mol. The van der Waals surface area contributed by atoms with E-state index in [2.05, 4.69) is 10.1 Å². The number of alkyl halides is 3. The lowest BCUT2D eigenvalue weighted by molar-refractivity contribution is -0.158. The van der Waals surface area contributed by atoms with Gasteiger partial charge in [-0.05, 0) is 19.3 Å². The third-order valence-electron chi connectivity index (χ3n) is 3.24. The van der Waals surface area contributed by atoms with E-state index in [1.807, 2.05) is 0 Å². The van der Waals surface area contributed by atoms with E-state index in [9.17, 15) is 18.0 Å². The van der Waals surface area contributed by atoms with Crippen molar-refractivity contribution in [2.24, 2.45) is 0 Å². The quantitative estimate of drug-likeness (QED) is 0.788. The average Bonchev–Trinajstić information content (AvgIpc) is 2.34. The van der Waals surface area contributed by atoms with Crippen LogP contribution in [0, 0.1) is 0 Å². The van der Waals surface area contributed by atoms with Crippen LogP contribution in [0.4, 0.5) is 13.2 Å².